The summed E-state index contributed by atoms with van der Waals surface area (Å²) in [5.41, 5.74) is 1.45. The Bertz CT molecular complexity index is 827. The molecule has 0 heterocycles. The molecule has 0 fully saturated rings. The van der Waals surface area contributed by atoms with Gasteiger partial charge in [0.2, 0.25) is 0 Å². The van der Waals surface area contributed by atoms with Gasteiger partial charge in [0.05, 0.1) is 24.2 Å². The molecule has 0 aliphatic rings. The number of rotatable bonds is 4. The molecular weight excluding hydrogens is 338 g/mol. The molecule has 0 aliphatic heterocycles. The molecule has 0 saturated carbocycles. The standard InChI is InChI=1S/C20H18F2N2O2/c1-13-5-7-17(21)15(11-13)19(25)23-9-3-4-10-24-20(26)16-12-14(2)6-8-18(16)22/h5-8,11-12H,9-10H2,1-2H3,(H,23,25)(H,24,26). The Labute approximate surface area is 150 Å². The number of amides is 2. The van der Waals surface area contributed by atoms with Crippen LogP contribution in [0, 0.1) is 37.3 Å². The normalized spacial score (nSPS) is 9.85. The number of aryl methyl sites for hydroxylation is 2. The van der Waals surface area contributed by atoms with E-state index in [4.69, 9.17) is 0 Å². The molecule has 0 aliphatic carbocycles. The van der Waals surface area contributed by atoms with Gasteiger partial charge >= 0.3 is 0 Å². The summed E-state index contributed by atoms with van der Waals surface area (Å²) in [6.45, 7) is 3.52. The van der Waals surface area contributed by atoms with Gasteiger partial charge in [-0.15, -0.1) is 0 Å². The first-order valence-corrected chi connectivity index (χ1v) is 7.93. The van der Waals surface area contributed by atoms with Crippen LogP contribution in [-0.4, -0.2) is 24.9 Å². The molecule has 0 unspecified atom stereocenters. The quantitative estimate of drug-likeness (QED) is 0.828. The van der Waals surface area contributed by atoms with E-state index in [0.29, 0.717) is 0 Å². The molecule has 2 rings (SSSR count). The lowest BCUT2D eigenvalue weighted by atomic mass is 10.1. The number of hydrogen-bond donors (Lipinski definition) is 2. The van der Waals surface area contributed by atoms with Crippen molar-refractivity contribution in [2.45, 2.75) is 13.8 Å². The number of nitrogens with one attached hydrogen (secondary N) is 2. The van der Waals surface area contributed by atoms with E-state index in [9.17, 15) is 18.4 Å². The summed E-state index contributed by atoms with van der Waals surface area (Å²) in [6, 6.07) is 8.52. The zero-order chi connectivity index (χ0) is 19.1. The summed E-state index contributed by atoms with van der Waals surface area (Å²) < 4.78 is 27.2. The minimum atomic E-state index is -0.603. The second kappa shape index (κ2) is 8.77. The molecule has 0 saturated heterocycles. The topological polar surface area (TPSA) is 58.2 Å². The fourth-order valence-corrected chi connectivity index (χ4v) is 2.19. The Morgan fingerprint density at radius 2 is 1.19 bits per heavy atom. The molecule has 0 bridgehead atoms. The lowest BCUT2D eigenvalue weighted by Gasteiger charge is -2.04. The van der Waals surface area contributed by atoms with Crippen LogP contribution in [0.25, 0.3) is 0 Å². The maximum Gasteiger partial charge on any atom is 0.255 e. The zero-order valence-electron chi connectivity index (χ0n) is 14.5. The van der Waals surface area contributed by atoms with E-state index in [1.54, 1.807) is 26.0 Å². The van der Waals surface area contributed by atoms with E-state index in [-0.39, 0.29) is 24.2 Å². The van der Waals surface area contributed by atoms with Crippen LogP contribution in [0.15, 0.2) is 36.4 Å². The van der Waals surface area contributed by atoms with Crippen molar-refractivity contribution < 1.29 is 18.4 Å². The SMILES string of the molecule is Cc1ccc(F)c(C(=O)NCC#CCNC(=O)c2cc(C)ccc2F)c1. The molecule has 6 heteroatoms. The predicted octanol–water partition coefficient (Wildman–Crippen LogP) is 2.74. The van der Waals surface area contributed by atoms with Gasteiger partial charge in [-0.1, -0.05) is 35.1 Å². The Kier molecular flexibility index (Phi) is 6.45. The molecule has 134 valence electrons. The maximum atomic E-state index is 13.6. The van der Waals surface area contributed by atoms with E-state index < -0.39 is 23.4 Å². The minimum Gasteiger partial charge on any atom is -0.341 e. The second-order valence-corrected chi connectivity index (χ2v) is 5.69. The summed E-state index contributed by atoms with van der Waals surface area (Å²) >= 11 is 0. The van der Waals surface area contributed by atoms with Gasteiger partial charge in [0.1, 0.15) is 11.6 Å². The van der Waals surface area contributed by atoms with E-state index in [1.807, 2.05) is 0 Å². The third-order valence-corrected chi connectivity index (χ3v) is 3.53. The first kappa shape index (κ1) is 19.1. The summed E-state index contributed by atoms with van der Waals surface area (Å²) in [7, 11) is 0. The van der Waals surface area contributed by atoms with Gasteiger partial charge in [0.15, 0.2) is 0 Å². The Morgan fingerprint density at radius 3 is 1.58 bits per heavy atom. The molecule has 0 atom stereocenters. The van der Waals surface area contributed by atoms with Crippen LogP contribution in [0.3, 0.4) is 0 Å². The first-order valence-electron chi connectivity index (χ1n) is 7.93. The molecule has 2 N–H and O–H groups in total. The Morgan fingerprint density at radius 1 is 0.808 bits per heavy atom. The number of benzene rings is 2. The molecule has 4 nitrogen and oxygen atoms in total. The first-order chi connectivity index (χ1) is 12.4. The van der Waals surface area contributed by atoms with Gasteiger partial charge in [-0.25, -0.2) is 8.78 Å². The molecule has 2 amide bonds. The van der Waals surface area contributed by atoms with Gasteiger partial charge in [-0.05, 0) is 38.1 Å². The lowest BCUT2D eigenvalue weighted by Crippen LogP contribution is -2.26. The highest BCUT2D eigenvalue weighted by atomic mass is 19.1. The van der Waals surface area contributed by atoms with Crippen molar-refractivity contribution in [2.75, 3.05) is 13.1 Å². The minimum absolute atomic E-state index is 0.000885. The summed E-state index contributed by atoms with van der Waals surface area (Å²) in [6.07, 6.45) is 0. The van der Waals surface area contributed by atoms with Crippen LogP contribution in [-0.2, 0) is 0 Å². The summed E-state index contributed by atoms with van der Waals surface area (Å²) in [5.74, 6) is 2.95. The molecule has 0 radical (unpaired) electrons. The smallest absolute Gasteiger partial charge is 0.255 e. The predicted molar refractivity (Wildman–Crippen MR) is 94.7 cm³/mol. The third kappa shape index (κ3) is 5.15. The number of halogens is 2. The Hall–Kier alpha value is -3.20. The molecular formula is C20H18F2N2O2. The second-order valence-electron chi connectivity index (χ2n) is 5.69. The fraction of sp³-hybridized carbons (Fsp3) is 0.200. The fourth-order valence-electron chi connectivity index (χ4n) is 2.19. The average molecular weight is 356 g/mol. The van der Waals surface area contributed by atoms with E-state index in [0.717, 1.165) is 11.1 Å². The number of carbonyl (C=O) groups is 2. The van der Waals surface area contributed by atoms with Gasteiger partial charge in [-0.3, -0.25) is 9.59 Å². The largest absolute Gasteiger partial charge is 0.341 e. The number of hydrogen-bond acceptors (Lipinski definition) is 2. The zero-order valence-corrected chi connectivity index (χ0v) is 14.5. The molecule has 2 aromatic rings. The molecule has 0 spiro atoms. The highest BCUT2D eigenvalue weighted by Gasteiger charge is 2.11. The van der Waals surface area contributed by atoms with Crippen molar-refractivity contribution in [3.8, 4) is 11.8 Å². The van der Waals surface area contributed by atoms with Crippen LogP contribution >= 0.6 is 0 Å². The van der Waals surface area contributed by atoms with Crippen molar-refractivity contribution >= 4 is 11.8 Å². The van der Waals surface area contributed by atoms with E-state index in [2.05, 4.69) is 22.5 Å². The van der Waals surface area contributed by atoms with E-state index >= 15 is 0 Å². The van der Waals surface area contributed by atoms with Gasteiger partial charge in [0.25, 0.3) is 11.8 Å². The molecule has 2 aromatic carbocycles. The highest BCUT2D eigenvalue weighted by Crippen LogP contribution is 2.10. The van der Waals surface area contributed by atoms with Crippen molar-refractivity contribution in [2.24, 2.45) is 0 Å². The molecule has 0 aromatic heterocycles. The van der Waals surface area contributed by atoms with Crippen molar-refractivity contribution in [3.05, 3.63) is 70.3 Å². The van der Waals surface area contributed by atoms with Crippen LogP contribution in [0.1, 0.15) is 31.8 Å². The van der Waals surface area contributed by atoms with Crippen LogP contribution in [0.5, 0.6) is 0 Å². The van der Waals surface area contributed by atoms with Crippen LogP contribution in [0.2, 0.25) is 0 Å². The molecule has 26 heavy (non-hydrogen) atoms. The Balaban J connectivity index is 1.82. The monoisotopic (exact) mass is 356 g/mol. The number of carbonyl (C=O) groups excluding carboxylic acids is 2. The maximum absolute atomic E-state index is 13.6. The third-order valence-electron chi connectivity index (χ3n) is 3.53. The van der Waals surface area contributed by atoms with Crippen LogP contribution in [0.4, 0.5) is 8.78 Å². The van der Waals surface area contributed by atoms with Gasteiger partial charge in [0, 0.05) is 0 Å². The van der Waals surface area contributed by atoms with Crippen molar-refractivity contribution in [1.29, 1.82) is 0 Å². The van der Waals surface area contributed by atoms with Crippen molar-refractivity contribution in [3.63, 3.8) is 0 Å². The van der Waals surface area contributed by atoms with Crippen LogP contribution < -0.4 is 10.6 Å². The van der Waals surface area contributed by atoms with Gasteiger partial charge in [-0.2, -0.15) is 0 Å². The summed E-state index contributed by atoms with van der Waals surface area (Å²) in [5, 5.41) is 4.96. The summed E-state index contributed by atoms with van der Waals surface area (Å²) in [4.78, 5) is 23.8. The lowest BCUT2D eigenvalue weighted by molar-refractivity contribution is 0.0945. The highest BCUT2D eigenvalue weighted by molar-refractivity contribution is 5.95. The van der Waals surface area contributed by atoms with Gasteiger partial charge < -0.3 is 10.6 Å². The van der Waals surface area contributed by atoms with E-state index in [1.165, 1.54) is 24.3 Å². The average Bonchev–Trinajstić information content (AvgIpc) is 2.61. The van der Waals surface area contributed by atoms with Crippen molar-refractivity contribution in [1.82, 2.24) is 10.6 Å².